The van der Waals surface area contributed by atoms with Crippen molar-refractivity contribution in [2.24, 2.45) is 7.05 Å². The fourth-order valence-electron chi connectivity index (χ4n) is 2.56. The minimum atomic E-state index is -0.803. The van der Waals surface area contributed by atoms with Gasteiger partial charge in [-0.25, -0.2) is 4.79 Å². The van der Waals surface area contributed by atoms with Gasteiger partial charge in [-0.2, -0.15) is 0 Å². The Bertz CT molecular complexity index is 982. The Balaban J connectivity index is 2.14. The second-order valence-corrected chi connectivity index (χ2v) is 7.58. The van der Waals surface area contributed by atoms with Gasteiger partial charge in [-0.15, -0.1) is 11.8 Å². The number of Topliss-reactive ketones (excluding diaryl/α,β-unsaturated/α-hetero) is 1. The molecule has 0 spiro atoms. The van der Waals surface area contributed by atoms with Crippen LogP contribution in [0.15, 0.2) is 44.8 Å². The summed E-state index contributed by atoms with van der Waals surface area (Å²) in [5.41, 5.74) is 4.16. The minimum absolute atomic E-state index is 0.206. The summed E-state index contributed by atoms with van der Waals surface area (Å²) in [5, 5.41) is -0.538. The van der Waals surface area contributed by atoms with Gasteiger partial charge in [0.2, 0.25) is 5.78 Å². The van der Waals surface area contributed by atoms with Crippen LogP contribution < -0.4 is 17.0 Å². The zero-order valence-electron chi connectivity index (χ0n) is 16.0. The van der Waals surface area contributed by atoms with Crippen molar-refractivity contribution in [2.45, 2.75) is 37.0 Å². The molecule has 28 heavy (non-hydrogen) atoms. The Morgan fingerprint density at radius 2 is 1.86 bits per heavy atom. The average Bonchev–Trinajstić information content (AvgIpc) is 2.68. The number of esters is 1. The maximum absolute atomic E-state index is 12.5. The first-order valence-electron chi connectivity index (χ1n) is 8.78. The third kappa shape index (κ3) is 4.72. The highest BCUT2D eigenvalue weighted by Gasteiger charge is 2.24. The Hall–Kier alpha value is -2.81. The third-order valence-electron chi connectivity index (χ3n) is 4.04. The standard InChI is InChI=1S/C19H23N3O5S/c1-4-10-22-16(20)15(17(24)21(3)19(22)26)14(23)11-27-18(25)12(2)28-13-8-6-5-7-9-13/h5-9,12H,4,10-11,20H2,1-3H3/t12-/m0/s1. The number of ether oxygens (including phenoxy) is 1. The number of nitrogens with two attached hydrogens (primary N) is 1. The van der Waals surface area contributed by atoms with E-state index >= 15 is 0 Å². The van der Waals surface area contributed by atoms with E-state index in [1.807, 2.05) is 37.3 Å². The van der Waals surface area contributed by atoms with Crippen LogP contribution in [0, 0.1) is 0 Å². The first-order chi connectivity index (χ1) is 13.3. The summed E-state index contributed by atoms with van der Waals surface area (Å²) in [6, 6.07) is 9.30. The maximum Gasteiger partial charge on any atom is 0.332 e. The van der Waals surface area contributed by atoms with Gasteiger partial charge in [-0.05, 0) is 25.5 Å². The molecular weight excluding hydrogens is 382 g/mol. The van der Waals surface area contributed by atoms with E-state index in [0.717, 1.165) is 9.46 Å². The van der Waals surface area contributed by atoms with Crippen molar-refractivity contribution in [3.05, 3.63) is 56.7 Å². The molecule has 0 aliphatic rings. The van der Waals surface area contributed by atoms with Crippen LogP contribution >= 0.6 is 11.8 Å². The van der Waals surface area contributed by atoms with Crippen molar-refractivity contribution >= 4 is 29.3 Å². The predicted molar refractivity (Wildman–Crippen MR) is 108 cm³/mol. The van der Waals surface area contributed by atoms with Crippen molar-refractivity contribution in [1.29, 1.82) is 0 Å². The molecule has 0 fully saturated rings. The molecule has 0 saturated heterocycles. The lowest BCUT2D eigenvalue weighted by molar-refractivity contribution is -0.141. The van der Waals surface area contributed by atoms with Crippen LogP contribution in [0.25, 0.3) is 0 Å². The molecule has 2 rings (SSSR count). The van der Waals surface area contributed by atoms with E-state index in [9.17, 15) is 19.2 Å². The Morgan fingerprint density at radius 3 is 2.46 bits per heavy atom. The van der Waals surface area contributed by atoms with Crippen LogP contribution in [0.4, 0.5) is 5.82 Å². The molecule has 9 heteroatoms. The summed E-state index contributed by atoms with van der Waals surface area (Å²) in [7, 11) is 1.28. The molecule has 0 bridgehead atoms. The minimum Gasteiger partial charge on any atom is -0.456 e. The number of hydrogen-bond acceptors (Lipinski definition) is 7. The topological polar surface area (TPSA) is 113 Å². The van der Waals surface area contributed by atoms with Crippen molar-refractivity contribution in [2.75, 3.05) is 12.3 Å². The fraction of sp³-hybridized carbons (Fsp3) is 0.368. The van der Waals surface area contributed by atoms with E-state index in [0.29, 0.717) is 6.42 Å². The largest absolute Gasteiger partial charge is 0.456 e. The highest BCUT2D eigenvalue weighted by Crippen LogP contribution is 2.23. The summed E-state index contributed by atoms with van der Waals surface area (Å²) in [4.78, 5) is 50.1. The monoisotopic (exact) mass is 405 g/mol. The van der Waals surface area contributed by atoms with Gasteiger partial charge < -0.3 is 10.5 Å². The average molecular weight is 405 g/mol. The van der Waals surface area contributed by atoms with E-state index in [-0.39, 0.29) is 17.9 Å². The Kier molecular flexibility index (Phi) is 7.22. The van der Waals surface area contributed by atoms with Gasteiger partial charge in [-0.3, -0.25) is 23.5 Å². The molecule has 0 unspecified atom stereocenters. The molecule has 0 aliphatic carbocycles. The highest BCUT2D eigenvalue weighted by molar-refractivity contribution is 8.00. The highest BCUT2D eigenvalue weighted by atomic mass is 32.2. The molecular formula is C19H23N3O5S. The SMILES string of the molecule is CCCn1c(N)c(C(=O)COC(=O)[C@H](C)Sc2ccccc2)c(=O)n(C)c1=O. The zero-order chi connectivity index (χ0) is 20.8. The number of hydrogen-bond donors (Lipinski definition) is 1. The van der Waals surface area contributed by atoms with Gasteiger partial charge in [0.25, 0.3) is 5.56 Å². The summed E-state index contributed by atoms with van der Waals surface area (Å²) >= 11 is 1.30. The van der Waals surface area contributed by atoms with Gasteiger partial charge in [-0.1, -0.05) is 25.1 Å². The Labute approximate surface area is 166 Å². The van der Waals surface area contributed by atoms with E-state index < -0.39 is 34.9 Å². The number of thioether (sulfide) groups is 1. The lowest BCUT2D eigenvalue weighted by Crippen LogP contribution is -2.43. The van der Waals surface area contributed by atoms with E-state index in [1.54, 1.807) is 6.92 Å². The van der Waals surface area contributed by atoms with Crippen molar-refractivity contribution < 1.29 is 14.3 Å². The van der Waals surface area contributed by atoms with Gasteiger partial charge in [0.15, 0.2) is 6.61 Å². The molecule has 1 atom stereocenters. The van der Waals surface area contributed by atoms with Crippen LogP contribution in [-0.4, -0.2) is 32.7 Å². The van der Waals surface area contributed by atoms with E-state index in [4.69, 9.17) is 10.5 Å². The van der Waals surface area contributed by atoms with Crippen LogP contribution in [0.1, 0.15) is 30.6 Å². The van der Waals surface area contributed by atoms with Gasteiger partial charge >= 0.3 is 11.7 Å². The van der Waals surface area contributed by atoms with E-state index in [2.05, 4.69) is 0 Å². The number of nitrogens with zero attached hydrogens (tertiary/aromatic N) is 2. The first kappa shape index (κ1) is 21.5. The summed E-state index contributed by atoms with van der Waals surface area (Å²) in [5.74, 6) is -1.53. The molecule has 1 heterocycles. The van der Waals surface area contributed by atoms with Crippen LogP contribution in [-0.2, 0) is 23.1 Å². The number of benzene rings is 1. The quantitative estimate of drug-likeness (QED) is 0.402. The van der Waals surface area contributed by atoms with Gasteiger partial charge in [0.05, 0.1) is 0 Å². The van der Waals surface area contributed by atoms with Crippen LogP contribution in [0.3, 0.4) is 0 Å². The summed E-state index contributed by atoms with van der Waals surface area (Å²) < 4.78 is 7.07. The third-order valence-corrected chi connectivity index (χ3v) is 5.13. The van der Waals surface area contributed by atoms with Gasteiger partial charge in [0.1, 0.15) is 16.6 Å². The molecule has 150 valence electrons. The Morgan fingerprint density at radius 1 is 1.21 bits per heavy atom. The number of aromatic nitrogens is 2. The van der Waals surface area contributed by atoms with Crippen LogP contribution in [0.5, 0.6) is 0 Å². The zero-order valence-corrected chi connectivity index (χ0v) is 16.8. The molecule has 0 saturated carbocycles. The lowest BCUT2D eigenvalue weighted by Gasteiger charge is -2.14. The summed E-state index contributed by atoms with van der Waals surface area (Å²) in [6.45, 7) is 3.15. The molecule has 0 amide bonds. The molecule has 2 N–H and O–H groups in total. The fourth-order valence-corrected chi connectivity index (χ4v) is 3.45. The number of carbonyl (C=O) groups is 2. The van der Waals surface area contributed by atoms with E-state index in [1.165, 1.54) is 23.4 Å². The second-order valence-electron chi connectivity index (χ2n) is 6.16. The number of rotatable bonds is 8. The number of ketones is 1. The van der Waals surface area contributed by atoms with Crippen molar-refractivity contribution in [1.82, 2.24) is 9.13 Å². The number of anilines is 1. The second kappa shape index (κ2) is 9.41. The van der Waals surface area contributed by atoms with Crippen LogP contribution in [0.2, 0.25) is 0 Å². The normalized spacial score (nSPS) is 11.8. The predicted octanol–water partition coefficient (Wildman–Crippen LogP) is 1.45. The van der Waals surface area contributed by atoms with Crippen molar-refractivity contribution in [3.63, 3.8) is 0 Å². The number of carbonyl (C=O) groups excluding carboxylic acids is 2. The molecule has 1 aromatic carbocycles. The first-order valence-corrected chi connectivity index (χ1v) is 9.66. The van der Waals surface area contributed by atoms with Gasteiger partial charge in [0, 0.05) is 18.5 Å². The molecule has 8 nitrogen and oxygen atoms in total. The van der Waals surface area contributed by atoms with Crippen molar-refractivity contribution in [3.8, 4) is 0 Å². The molecule has 1 aromatic heterocycles. The smallest absolute Gasteiger partial charge is 0.332 e. The molecule has 0 aliphatic heterocycles. The number of nitrogen functional groups attached to an aromatic ring is 1. The lowest BCUT2D eigenvalue weighted by atomic mass is 10.2. The molecule has 2 aromatic rings. The summed E-state index contributed by atoms with van der Waals surface area (Å²) in [6.07, 6.45) is 0.596. The molecule has 0 radical (unpaired) electrons. The maximum atomic E-state index is 12.5.